The molecule has 1 unspecified atom stereocenters. The number of benzene rings is 2. The van der Waals surface area contributed by atoms with E-state index in [4.69, 9.17) is 9.47 Å². The Balaban J connectivity index is 1.19. The van der Waals surface area contributed by atoms with E-state index in [-0.39, 0.29) is 23.5 Å². The van der Waals surface area contributed by atoms with Crippen molar-refractivity contribution in [2.24, 2.45) is 0 Å². The van der Waals surface area contributed by atoms with E-state index in [9.17, 15) is 18.7 Å². The average Bonchev–Trinajstić information content (AvgIpc) is 3.68. The number of aromatic hydroxyl groups is 1. The van der Waals surface area contributed by atoms with Crippen molar-refractivity contribution in [3.05, 3.63) is 53.4 Å². The van der Waals surface area contributed by atoms with E-state index in [1.54, 1.807) is 30.5 Å². The number of phenolic OH excluding ortho intramolecular Hbond substituents is 1. The lowest BCUT2D eigenvalue weighted by Gasteiger charge is -2.43. The van der Waals surface area contributed by atoms with Crippen molar-refractivity contribution in [1.29, 1.82) is 0 Å². The average molecular weight is 814 g/mol. The van der Waals surface area contributed by atoms with Gasteiger partial charge in [-0.25, -0.2) is 14.0 Å². The number of hydrogen-bond acceptors (Lipinski definition) is 12. The lowest BCUT2D eigenvalue weighted by atomic mass is 9.98. The Morgan fingerprint density at radius 1 is 1.06 bits per heavy atom. The van der Waals surface area contributed by atoms with Crippen LogP contribution in [0.25, 0.3) is 11.1 Å². The zero-order valence-corrected chi connectivity index (χ0v) is 32.7. The largest absolute Gasteiger partial charge is 0.508 e. The number of phenols is 1. The van der Waals surface area contributed by atoms with Crippen molar-refractivity contribution in [2.75, 3.05) is 73.3 Å². The Morgan fingerprint density at radius 2 is 1.79 bits per heavy atom. The predicted molar refractivity (Wildman–Crippen MR) is 209 cm³/mol. The number of carbonyl (C=O) groups excluding carboxylic acids is 1. The first-order valence-corrected chi connectivity index (χ1v) is 19.1. The number of nitrogens with zero attached hydrogens (tertiary/aromatic N) is 7. The molecule has 5 N–H and O–H groups in total. The normalized spacial score (nSPS) is 16.3. The fraction of sp³-hybridized carbons (Fsp3) is 0.429. The van der Waals surface area contributed by atoms with Gasteiger partial charge in [0.25, 0.3) is 11.3 Å². The van der Waals surface area contributed by atoms with E-state index in [0.29, 0.717) is 46.5 Å². The van der Waals surface area contributed by atoms with Crippen LogP contribution in [0.2, 0.25) is 0 Å². The Bertz CT molecular complexity index is 1930. The molecule has 0 radical (unpaired) electrons. The third kappa shape index (κ3) is 9.12. The predicted octanol–water partition coefficient (Wildman–Crippen LogP) is 5.93. The number of aromatic nitrogens is 4. The summed E-state index contributed by atoms with van der Waals surface area (Å²) in [5.41, 5.74) is 3.74. The number of carbonyl (C=O) groups is 1. The Labute approximate surface area is 319 Å². The van der Waals surface area contributed by atoms with Crippen LogP contribution in [0.4, 0.5) is 39.3 Å². The number of piperazine rings is 1. The van der Waals surface area contributed by atoms with Gasteiger partial charge in [0, 0.05) is 93.7 Å². The van der Waals surface area contributed by atoms with E-state index in [1.807, 2.05) is 39.1 Å². The molecule has 2 aromatic heterocycles. The fourth-order valence-electron chi connectivity index (χ4n) is 6.53. The molecule has 2 aliphatic heterocycles. The minimum atomic E-state index is -2.32. The van der Waals surface area contributed by atoms with Gasteiger partial charge in [-0.1, -0.05) is 0 Å². The first-order chi connectivity index (χ1) is 25.3. The molecule has 53 heavy (non-hydrogen) atoms. The van der Waals surface area contributed by atoms with E-state index < -0.39 is 16.9 Å². The highest BCUT2D eigenvalue weighted by atomic mass is 79.9. The summed E-state index contributed by atoms with van der Waals surface area (Å²) in [6, 6.07) is 8.89. The maximum absolute atomic E-state index is 12.6. The number of halogens is 1. The standard InChI is InChI=1S/C35H45BrN10O6S/c1-35(2,3)52-34(48)46-14-12-44(13-15-46)23-8-10-45(11-9-23)29-18-31(51-5)28(17-25(29)22-19-38-39-20-22)41-33-37-21-26(36)32(42-33)40-27-7-6-24(47)16-30(27)43(4)53(49)50/h6-7,16-21,23,47H,8-15H2,1-5H3,(H,38,39)(H,49,50)(H2,37,40,41,42). The molecule has 0 saturated carbocycles. The van der Waals surface area contributed by atoms with Crippen LogP contribution in [0.1, 0.15) is 33.6 Å². The summed E-state index contributed by atoms with van der Waals surface area (Å²) in [6.45, 7) is 10.3. The zero-order chi connectivity index (χ0) is 37.9. The quantitative estimate of drug-likeness (QED) is 0.0940. The fourth-order valence-corrected chi connectivity index (χ4v) is 7.14. The van der Waals surface area contributed by atoms with Gasteiger partial charge in [0.05, 0.1) is 34.8 Å². The maximum atomic E-state index is 12.6. The molecule has 2 saturated heterocycles. The van der Waals surface area contributed by atoms with Crippen LogP contribution in [0, 0.1) is 0 Å². The first kappa shape index (κ1) is 38.1. The third-order valence-electron chi connectivity index (χ3n) is 9.21. The summed E-state index contributed by atoms with van der Waals surface area (Å²) in [4.78, 5) is 28.4. The van der Waals surface area contributed by atoms with Crippen LogP contribution < -0.4 is 24.6 Å². The molecular formula is C35H45BrN10O6S. The van der Waals surface area contributed by atoms with E-state index in [2.05, 4.69) is 56.5 Å². The van der Waals surface area contributed by atoms with E-state index >= 15 is 0 Å². The van der Waals surface area contributed by atoms with Crippen LogP contribution >= 0.6 is 15.9 Å². The van der Waals surface area contributed by atoms with Gasteiger partial charge in [-0.2, -0.15) is 10.1 Å². The second kappa shape index (κ2) is 16.2. The van der Waals surface area contributed by atoms with Crippen LogP contribution in [0.15, 0.2) is 53.4 Å². The Morgan fingerprint density at radius 3 is 2.43 bits per heavy atom. The van der Waals surface area contributed by atoms with Crippen molar-refractivity contribution in [1.82, 2.24) is 30.0 Å². The summed E-state index contributed by atoms with van der Waals surface area (Å²) in [5, 5.41) is 23.7. The molecule has 0 spiro atoms. The van der Waals surface area contributed by atoms with Gasteiger partial charge in [0.15, 0.2) is 0 Å². The van der Waals surface area contributed by atoms with Gasteiger partial charge in [-0.05, 0) is 67.7 Å². The molecule has 18 heteroatoms. The SMILES string of the molecule is COc1cc(N2CCC(N3CCN(C(=O)OC(C)(C)C)CC3)CC2)c(-c2cn[nH]c2)cc1Nc1ncc(Br)c(Nc2ccc(O)cc2N(C)S(=O)O)n1. The smallest absolute Gasteiger partial charge is 0.410 e. The number of anilines is 6. The number of ether oxygens (including phenoxy) is 2. The molecule has 0 aliphatic carbocycles. The number of nitrogens with one attached hydrogen (secondary N) is 3. The summed E-state index contributed by atoms with van der Waals surface area (Å²) in [5.74, 6) is 1.19. The Hall–Kier alpha value is -4.65. The molecule has 0 bridgehead atoms. The van der Waals surface area contributed by atoms with Crippen molar-refractivity contribution < 1.29 is 28.1 Å². The van der Waals surface area contributed by atoms with Crippen LogP contribution in [-0.2, 0) is 16.0 Å². The van der Waals surface area contributed by atoms with Crippen molar-refractivity contribution in [2.45, 2.75) is 45.3 Å². The lowest BCUT2D eigenvalue weighted by molar-refractivity contribution is 0.00901. The molecule has 4 aromatic rings. The van der Waals surface area contributed by atoms with Crippen molar-refractivity contribution in [3.8, 4) is 22.6 Å². The zero-order valence-electron chi connectivity index (χ0n) is 30.3. The molecule has 16 nitrogen and oxygen atoms in total. The highest BCUT2D eigenvalue weighted by Crippen LogP contribution is 2.42. The van der Waals surface area contributed by atoms with Gasteiger partial charge >= 0.3 is 6.09 Å². The molecule has 4 heterocycles. The third-order valence-corrected chi connectivity index (χ3v) is 10.5. The summed E-state index contributed by atoms with van der Waals surface area (Å²) >= 11 is 1.17. The summed E-state index contributed by atoms with van der Waals surface area (Å²) in [6.07, 6.45) is 6.95. The lowest BCUT2D eigenvalue weighted by Crippen LogP contribution is -2.55. The molecule has 2 aliphatic rings. The molecule has 6 rings (SSSR count). The van der Waals surface area contributed by atoms with Crippen molar-refractivity contribution in [3.63, 3.8) is 0 Å². The van der Waals surface area contributed by atoms with Gasteiger partial charge in [0.2, 0.25) is 5.95 Å². The molecule has 2 aromatic carbocycles. The van der Waals surface area contributed by atoms with Crippen molar-refractivity contribution >= 4 is 67.8 Å². The number of methoxy groups -OCH3 is 1. The number of piperidine rings is 1. The molecular weight excluding hydrogens is 768 g/mol. The summed E-state index contributed by atoms with van der Waals surface area (Å²) in [7, 11) is 3.05. The number of aromatic amines is 1. The number of H-pyrrole nitrogens is 1. The van der Waals surface area contributed by atoms with E-state index in [1.165, 1.54) is 19.2 Å². The minimum Gasteiger partial charge on any atom is -0.508 e. The number of amides is 1. The van der Waals surface area contributed by atoms with Gasteiger partial charge in [0.1, 0.15) is 22.9 Å². The number of hydrogen-bond donors (Lipinski definition) is 5. The molecule has 1 atom stereocenters. The van der Waals surface area contributed by atoms with Gasteiger partial charge < -0.3 is 35.0 Å². The van der Waals surface area contributed by atoms with Crippen LogP contribution in [0.3, 0.4) is 0 Å². The first-order valence-electron chi connectivity index (χ1n) is 17.2. The highest BCUT2D eigenvalue weighted by molar-refractivity contribution is 9.10. The molecule has 284 valence electrons. The Kier molecular flexibility index (Phi) is 11.6. The highest BCUT2D eigenvalue weighted by Gasteiger charge is 2.32. The topological polar surface area (TPSA) is 185 Å². The van der Waals surface area contributed by atoms with Crippen LogP contribution in [-0.4, -0.2) is 115 Å². The number of rotatable bonds is 10. The molecule has 1 amide bonds. The maximum Gasteiger partial charge on any atom is 0.410 e. The second-order valence-corrected chi connectivity index (χ2v) is 15.7. The summed E-state index contributed by atoms with van der Waals surface area (Å²) < 4.78 is 34.6. The van der Waals surface area contributed by atoms with Crippen LogP contribution in [0.5, 0.6) is 11.5 Å². The second-order valence-electron chi connectivity index (χ2n) is 13.8. The molecule has 2 fully saturated rings. The van der Waals surface area contributed by atoms with Gasteiger partial charge in [-0.3, -0.25) is 18.9 Å². The minimum absolute atomic E-state index is 0.0597. The van der Waals surface area contributed by atoms with Gasteiger partial charge in [-0.15, -0.1) is 0 Å². The monoisotopic (exact) mass is 812 g/mol. The van der Waals surface area contributed by atoms with E-state index in [0.717, 1.165) is 60.1 Å².